The largest absolute Gasteiger partial charge is 0.372 e. The number of H-pyrrole nitrogens is 1. The molecule has 0 spiro atoms. The number of hydrogen-bond donors (Lipinski definition) is 1. The summed E-state index contributed by atoms with van der Waals surface area (Å²) in [6.07, 6.45) is 9.84. The second-order valence-electron chi connectivity index (χ2n) is 6.35. The molecule has 4 rings (SSSR count). The van der Waals surface area contributed by atoms with Gasteiger partial charge < -0.3 is 14.6 Å². The molecule has 1 N–H and O–H groups in total. The van der Waals surface area contributed by atoms with Gasteiger partial charge in [-0.3, -0.25) is 14.8 Å². The van der Waals surface area contributed by atoms with Crippen molar-refractivity contribution in [3.63, 3.8) is 0 Å². The van der Waals surface area contributed by atoms with Crippen molar-refractivity contribution in [3.05, 3.63) is 83.2 Å². The average molecular weight is 348 g/mol. The Balaban J connectivity index is 1.42. The Bertz CT molecular complexity index is 878. The molecule has 0 unspecified atom stereocenters. The number of aromatic nitrogens is 3. The number of fused-ring (bicyclic) bond motifs is 1. The van der Waals surface area contributed by atoms with Crippen molar-refractivity contribution in [2.45, 2.75) is 26.2 Å². The lowest BCUT2D eigenvalue weighted by Crippen LogP contribution is -2.36. The molecule has 132 valence electrons. The Kier molecular flexibility index (Phi) is 4.75. The highest BCUT2D eigenvalue weighted by Crippen LogP contribution is 2.23. The van der Waals surface area contributed by atoms with E-state index in [1.165, 1.54) is 5.56 Å². The molecule has 6 heteroatoms. The molecular formula is C20H20N4O2. The van der Waals surface area contributed by atoms with E-state index in [0.29, 0.717) is 32.0 Å². The predicted molar refractivity (Wildman–Crippen MR) is 96.2 cm³/mol. The van der Waals surface area contributed by atoms with Crippen molar-refractivity contribution in [1.29, 1.82) is 0 Å². The summed E-state index contributed by atoms with van der Waals surface area (Å²) >= 11 is 0. The van der Waals surface area contributed by atoms with E-state index in [1.807, 2.05) is 35.5 Å². The zero-order valence-corrected chi connectivity index (χ0v) is 14.4. The normalized spacial score (nSPS) is 13.5. The van der Waals surface area contributed by atoms with Gasteiger partial charge in [0.2, 0.25) is 0 Å². The van der Waals surface area contributed by atoms with Gasteiger partial charge in [0, 0.05) is 44.1 Å². The highest BCUT2D eigenvalue weighted by molar-refractivity contribution is 5.92. The van der Waals surface area contributed by atoms with Gasteiger partial charge in [-0.05, 0) is 52.9 Å². The first kappa shape index (κ1) is 16.5. The number of pyridine rings is 2. The number of nitrogens with zero attached hydrogens (tertiary/aromatic N) is 3. The first-order valence-electron chi connectivity index (χ1n) is 8.65. The molecule has 0 fully saturated rings. The third-order valence-corrected chi connectivity index (χ3v) is 4.62. The molecule has 0 atom stereocenters. The van der Waals surface area contributed by atoms with Crippen molar-refractivity contribution in [1.82, 2.24) is 19.9 Å². The fourth-order valence-electron chi connectivity index (χ4n) is 3.26. The summed E-state index contributed by atoms with van der Waals surface area (Å²) in [7, 11) is 0. The van der Waals surface area contributed by atoms with E-state index >= 15 is 0 Å². The Morgan fingerprint density at radius 2 is 2.04 bits per heavy atom. The first-order chi connectivity index (χ1) is 12.8. The zero-order chi connectivity index (χ0) is 17.8. The van der Waals surface area contributed by atoms with Crippen LogP contribution in [0.4, 0.5) is 0 Å². The Labute approximate surface area is 151 Å². The molecule has 3 aromatic heterocycles. The molecule has 0 saturated heterocycles. The van der Waals surface area contributed by atoms with Crippen LogP contribution in [0.5, 0.6) is 0 Å². The maximum atomic E-state index is 12.5. The lowest BCUT2D eigenvalue weighted by atomic mass is 9.97. The van der Waals surface area contributed by atoms with Gasteiger partial charge in [-0.25, -0.2) is 0 Å². The van der Waals surface area contributed by atoms with E-state index in [9.17, 15) is 4.79 Å². The number of amides is 1. The molecule has 3 aromatic rings. The Morgan fingerprint density at radius 3 is 2.85 bits per heavy atom. The lowest BCUT2D eigenvalue weighted by Gasteiger charge is -2.29. The highest BCUT2D eigenvalue weighted by Gasteiger charge is 2.24. The average Bonchev–Trinajstić information content (AvgIpc) is 3.23. The Morgan fingerprint density at radius 1 is 1.15 bits per heavy atom. The van der Waals surface area contributed by atoms with Gasteiger partial charge in [0.05, 0.1) is 13.2 Å². The van der Waals surface area contributed by atoms with Crippen LogP contribution < -0.4 is 0 Å². The van der Waals surface area contributed by atoms with Gasteiger partial charge in [0.25, 0.3) is 5.91 Å². The van der Waals surface area contributed by atoms with Crippen LogP contribution in [-0.2, 0) is 30.9 Å². The van der Waals surface area contributed by atoms with Gasteiger partial charge >= 0.3 is 0 Å². The minimum atomic E-state index is 0.0278. The molecule has 0 aliphatic carbocycles. The Hall–Kier alpha value is -2.99. The number of carbonyl (C=O) groups is 1. The van der Waals surface area contributed by atoms with Crippen molar-refractivity contribution in [2.24, 2.45) is 0 Å². The van der Waals surface area contributed by atoms with Crippen molar-refractivity contribution >= 4 is 5.91 Å². The number of hydrogen-bond acceptors (Lipinski definition) is 4. The van der Waals surface area contributed by atoms with Crippen LogP contribution in [0.2, 0.25) is 0 Å². The number of carbonyl (C=O) groups excluding carboxylic acids is 1. The molecule has 1 aliphatic heterocycles. The summed E-state index contributed by atoms with van der Waals surface area (Å²) in [5.74, 6) is 0.0278. The van der Waals surface area contributed by atoms with E-state index < -0.39 is 0 Å². The molecule has 4 heterocycles. The summed E-state index contributed by atoms with van der Waals surface area (Å²) in [6.45, 7) is 2.34. The molecule has 0 saturated carbocycles. The fourth-order valence-corrected chi connectivity index (χ4v) is 3.26. The number of nitrogens with one attached hydrogen (secondary N) is 1. The summed E-state index contributed by atoms with van der Waals surface area (Å²) in [5.41, 5.74) is 5.17. The van der Waals surface area contributed by atoms with Crippen LogP contribution in [0.25, 0.3) is 0 Å². The minimum absolute atomic E-state index is 0.0278. The van der Waals surface area contributed by atoms with Gasteiger partial charge in [0.15, 0.2) is 0 Å². The van der Waals surface area contributed by atoms with Crippen molar-refractivity contribution in [3.8, 4) is 0 Å². The fraction of sp³-hybridized carbons (Fsp3) is 0.250. The predicted octanol–water partition coefficient (Wildman–Crippen LogP) is 2.72. The van der Waals surface area contributed by atoms with Crippen molar-refractivity contribution < 1.29 is 9.53 Å². The van der Waals surface area contributed by atoms with Crippen molar-refractivity contribution in [2.75, 3.05) is 6.54 Å². The monoisotopic (exact) mass is 348 g/mol. The molecule has 0 bridgehead atoms. The first-order valence-corrected chi connectivity index (χ1v) is 8.65. The van der Waals surface area contributed by atoms with Gasteiger partial charge in [-0.1, -0.05) is 0 Å². The van der Waals surface area contributed by atoms with E-state index in [0.717, 1.165) is 23.1 Å². The van der Waals surface area contributed by atoms with Crippen LogP contribution in [-0.4, -0.2) is 32.3 Å². The number of rotatable bonds is 5. The standard InChI is InChI=1S/C20H20N4O2/c25-20(19-2-1-6-23-19)24-9-5-18-16(12-24)10-22-11-17(18)14-26-13-15-3-7-21-8-4-15/h1-4,6-8,10-11,23H,5,9,12-14H2. The topological polar surface area (TPSA) is 71.1 Å². The zero-order valence-electron chi connectivity index (χ0n) is 14.4. The molecular weight excluding hydrogens is 328 g/mol. The second-order valence-corrected chi connectivity index (χ2v) is 6.35. The maximum absolute atomic E-state index is 12.5. The summed E-state index contributed by atoms with van der Waals surface area (Å²) < 4.78 is 5.85. The smallest absolute Gasteiger partial charge is 0.270 e. The summed E-state index contributed by atoms with van der Waals surface area (Å²) in [5, 5.41) is 0. The third-order valence-electron chi connectivity index (χ3n) is 4.62. The second kappa shape index (κ2) is 7.49. The quantitative estimate of drug-likeness (QED) is 0.770. The van der Waals surface area contributed by atoms with Crippen LogP contribution in [0.1, 0.15) is 32.7 Å². The third kappa shape index (κ3) is 3.50. The highest BCUT2D eigenvalue weighted by atomic mass is 16.5. The van der Waals surface area contributed by atoms with E-state index in [1.54, 1.807) is 24.7 Å². The van der Waals surface area contributed by atoms with Gasteiger partial charge in [-0.2, -0.15) is 0 Å². The van der Waals surface area contributed by atoms with Crippen LogP contribution in [0.15, 0.2) is 55.2 Å². The van der Waals surface area contributed by atoms with Crippen LogP contribution in [0.3, 0.4) is 0 Å². The molecule has 6 nitrogen and oxygen atoms in total. The maximum Gasteiger partial charge on any atom is 0.270 e. The molecule has 0 radical (unpaired) electrons. The number of aromatic amines is 1. The molecule has 1 aliphatic rings. The SMILES string of the molecule is O=C(c1ccc[nH]1)N1CCc2c(COCc3ccncc3)cncc2C1. The number of ether oxygens (including phenoxy) is 1. The molecule has 26 heavy (non-hydrogen) atoms. The van der Waals surface area contributed by atoms with Crippen LogP contribution in [0, 0.1) is 0 Å². The van der Waals surface area contributed by atoms with Gasteiger partial charge in [-0.15, -0.1) is 0 Å². The minimum Gasteiger partial charge on any atom is -0.372 e. The lowest BCUT2D eigenvalue weighted by molar-refractivity contribution is 0.0726. The van der Waals surface area contributed by atoms with Gasteiger partial charge in [0.1, 0.15) is 5.69 Å². The molecule has 1 amide bonds. The summed E-state index contributed by atoms with van der Waals surface area (Å²) in [4.78, 5) is 25.7. The molecule has 0 aromatic carbocycles. The van der Waals surface area contributed by atoms with E-state index in [-0.39, 0.29) is 5.91 Å². The van der Waals surface area contributed by atoms with E-state index in [4.69, 9.17) is 4.74 Å². The van der Waals surface area contributed by atoms with E-state index in [2.05, 4.69) is 15.0 Å². The van der Waals surface area contributed by atoms with Crippen LogP contribution >= 0.6 is 0 Å². The summed E-state index contributed by atoms with van der Waals surface area (Å²) in [6, 6.07) is 7.54.